The van der Waals surface area contributed by atoms with Gasteiger partial charge in [0, 0.05) is 16.1 Å². The van der Waals surface area contributed by atoms with Crippen LogP contribution >= 0.6 is 27.5 Å². The van der Waals surface area contributed by atoms with Gasteiger partial charge in [-0.3, -0.25) is 4.79 Å². The monoisotopic (exact) mass is 378 g/mol. The second-order valence-electron chi connectivity index (χ2n) is 4.18. The van der Waals surface area contributed by atoms with E-state index in [1.54, 1.807) is 12.1 Å². The number of nitrogens with zero attached hydrogens (tertiary/aromatic N) is 2. The SMILES string of the molecule is COc1c(Br)cc(Cl)cc1-c1c(C#N)c(N)[nH]c(=O)c1C#N. The van der Waals surface area contributed by atoms with E-state index >= 15 is 0 Å². The van der Waals surface area contributed by atoms with Gasteiger partial charge in [0.2, 0.25) is 0 Å². The lowest BCUT2D eigenvalue weighted by Gasteiger charge is -2.14. The second-order valence-corrected chi connectivity index (χ2v) is 5.48. The molecule has 2 aromatic rings. The van der Waals surface area contributed by atoms with Crippen molar-refractivity contribution >= 4 is 33.3 Å². The number of anilines is 1. The van der Waals surface area contributed by atoms with Crippen molar-refractivity contribution in [2.24, 2.45) is 0 Å². The number of H-pyrrole nitrogens is 1. The molecule has 0 radical (unpaired) electrons. The Labute approximate surface area is 138 Å². The van der Waals surface area contributed by atoms with Crippen LogP contribution in [0.5, 0.6) is 5.75 Å². The molecular weight excluding hydrogens is 372 g/mol. The summed E-state index contributed by atoms with van der Waals surface area (Å²) in [4.78, 5) is 14.2. The summed E-state index contributed by atoms with van der Waals surface area (Å²) in [6.07, 6.45) is 0. The molecule has 0 aliphatic rings. The Morgan fingerprint density at radius 1 is 1.32 bits per heavy atom. The van der Waals surface area contributed by atoms with E-state index in [4.69, 9.17) is 22.1 Å². The second kappa shape index (κ2) is 6.10. The minimum Gasteiger partial charge on any atom is -0.495 e. The van der Waals surface area contributed by atoms with E-state index in [1.165, 1.54) is 13.2 Å². The molecule has 6 nitrogen and oxygen atoms in total. The molecule has 2 rings (SSSR count). The van der Waals surface area contributed by atoms with Crippen molar-refractivity contribution in [2.75, 3.05) is 12.8 Å². The van der Waals surface area contributed by atoms with Crippen LogP contribution in [0.15, 0.2) is 21.4 Å². The number of benzene rings is 1. The first kappa shape index (κ1) is 15.9. The van der Waals surface area contributed by atoms with Crippen LogP contribution in [0, 0.1) is 22.7 Å². The van der Waals surface area contributed by atoms with Gasteiger partial charge in [0.25, 0.3) is 5.56 Å². The normalized spacial score (nSPS) is 9.86. The number of aromatic amines is 1. The fraction of sp³-hybridized carbons (Fsp3) is 0.0714. The Morgan fingerprint density at radius 2 is 1.95 bits per heavy atom. The standard InChI is InChI=1S/C14H8BrClN4O2/c1-22-12-7(2-6(16)3-10(12)15)11-8(4-17)13(19)20-14(21)9(11)5-18/h2-3H,1H3,(H3,19,20,21). The summed E-state index contributed by atoms with van der Waals surface area (Å²) in [5, 5.41) is 18.9. The Kier molecular flexibility index (Phi) is 4.41. The number of methoxy groups -OCH3 is 1. The lowest BCUT2D eigenvalue weighted by Crippen LogP contribution is -2.16. The van der Waals surface area contributed by atoms with E-state index in [9.17, 15) is 15.3 Å². The number of nitrogens with one attached hydrogen (secondary N) is 1. The molecule has 0 aliphatic carbocycles. The first-order valence-corrected chi connectivity index (χ1v) is 7.01. The van der Waals surface area contributed by atoms with E-state index in [-0.39, 0.29) is 22.5 Å². The van der Waals surface area contributed by atoms with Gasteiger partial charge in [-0.1, -0.05) is 11.6 Å². The number of nitriles is 2. The van der Waals surface area contributed by atoms with Crippen LogP contribution in [0.3, 0.4) is 0 Å². The molecule has 0 atom stereocenters. The zero-order valence-corrected chi connectivity index (χ0v) is 13.5. The molecule has 0 amide bonds. The maximum Gasteiger partial charge on any atom is 0.268 e. The van der Waals surface area contributed by atoms with Crippen molar-refractivity contribution in [1.29, 1.82) is 10.5 Å². The molecule has 0 fully saturated rings. The molecule has 1 aromatic carbocycles. The molecule has 0 unspecified atom stereocenters. The van der Waals surface area contributed by atoms with E-state index in [0.29, 0.717) is 20.8 Å². The van der Waals surface area contributed by atoms with Gasteiger partial charge in [0.1, 0.15) is 34.8 Å². The minimum atomic E-state index is -0.688. The summed E-state index contributed by atoms with van der Waals surface area (Å²) < 4.78 is 5.80. The topological polar surface area (TPSA) is 116 Å². The largest absolute Gasteiger partial charge is 0.495 e. The quantitative estimate of drug-likeness (QED) is 0.832. The molecular formula is C14H8BrClN4O2. The van der Waals surface area contributed by atoms with Gasteiger partial charge < -0.3 is 15.5 Å². The molecule has 1 heterocycles. The molecule has 0 saturated heterocycles. The van der Waals surface area contributed by atoms with Gasteiger partial charge in [0.15, 0.2) is 0 Å². The number of pyridine rings is 1. The van der Waals surface area contributed by atoms with Crippen molar-refractivity contribution in [1.82, 2.24) is 4.98 Å². The summed E-state index contributed by atoms with van der Waals surface area (Å²) in [6.45, 7) is 0. The summed E-state index contributed by atoms with van der Waals surface area (Å²) in [5.41, 5.74) is 5.15. The first-order valence-electron chi connectivity index (χ1n) is 5.84. The Balaban J connectivity index is 3.05. The third-order valence-corrected chi connectivity index (χ3v) is 3.76. The van der Waals surface area contributed by atoms with E-state index in [2.05, 4.69) is 20.9 Å². The summed E-state index contributed by atoms with van der Waals surface area (Å²) >= 11 is 9.32. The van der Waals surface area contributed by atoms with Crippen molar-refractivity contribution in [3.05, 3.63) is 43.1 Å². The maximum absolute atomic E-state index is 11.9. The summed E-state index contributed by atoms with van der Waals surface area (Å²) in [7, 11) is 1.42. The summed E-state index contributed by atoms with van der Waals surface area (Å²) in [5.74, 6) is 0.210. The van der Waals surface area contributed by atoms with Crippen LogP contribution < -0.4 is 16.0 Å². The highest BCUT2D eigenvalue weighted by Crippen LogP contribution is 2.41. The molecule has 1 aromatic heterocycles. The lowest BCUT2D eigenvalue weighted by molar-refractivity contribution is 0.414. The fourth-order valence-electron chi connectivity index (χ4n) is 2.07. The number of nitrogens with two attached hydrogens (primary N) is 1. The highest BCUT2D eigenvalue weighted by molar-refractivity contribution is 9.10. The number of hydrogen-bond acceptors (Lipinski definition) is 5. The average Bonchev–Trinajstić information content (AvgIpc) is 2.45. The molecule has 110 valence electrons. The maximum atomic E-state index is 11.9. The molecule has 22 heavy (non-hydrogen) atoms. The number of halogens is 2. The molecule has 3 N–H and O–H groups in total. The van der Waals surface area contributed by atoms with E-state index in [0.717, 1.165) is 0 Å². The van der Waals surface area contributed by atoms with Crippen LogP contribution in [-0.2, 0) is 0 Å². The smallest absolute Gasteiger partial charge is 0.268 e. The van der Waals surface area contributed by atoms with E-state index in [1.807, 2.05) is 6.07 Å². The van der Waals surface area contributed by atoms with Gasteiger partial charge in [-0.2, -0.15) is 10.5 Å². The zero-order chi connectivity index (χ0) is 16.4. The number of hydrogen-bond donors (Lipinski definition) is 2. The fourth-order valence-corrected chi connectivity index (χ4v) is 3.04. The number of ether oxygens (including phenoxy) is 1. The molecule has 0 bridgehead atoms. The summed E-state index contributed by atoms with van der Waals surface area (Å²) in [6, 6.07) is 6.78. The first-order chi connectivity index (χ1) is 10.4. The van der Waals surface area contributed by atoms with Crippen molar-refractivity contribution in [3.8, 4) is 29.0 Å². The Morgan fingerprint density at radius 3 is 2.50 bits per heavy atom. The van der Waals surface area contributed by atoms with Crippen LogP contribution in [0.1, 0.15) is 11.1 Å². The van der Waals surface area contributed by atoms with Crippen molar-refractivity contribution in [2.45, 2.75) is 0 Å². The molecule has 0 spiro atoms. The minimum absolute atomic E-state index is 0.0244. The predicted molar refractivity (Wildman–Crippen MR) is 85.6 cm³/mol. The van der Waals surface area contributed by atoms with Crippen LogP contribution in [0.4, 0.5) is 5.82 Å². The van der Waals surface area contributed by atoms with Gasteiger partial charge >= 0.3 is 0 Å². The van der Waals surface area contributed by atoms with Crippen LogP contribution in [0.25, 0.3) is 11.1 Å². The molecule has 0 saturated carbocycles. The number of rotatable bonds is 2. The van der Waals surface area contributed by atoms with Crippen LogP contribution in [0.2, 0.25) is 5.02 Å². The highest BCUT2D eigenvalue weighted by Gasteiger charge is 2.22. The van der Waals surface area contributed by atoms with Crippen LogP contribution in [-0.4, -0.2) is 12.1 Å². The third-order valence-electron chi connectivity index (χ3n) is 2.95. The van der Waals surface area contributed by atoms with Crippen molar-refractivity contribution < 1.29 is 4.74 Å². The van der Waals surface area contributed by atoms with E-state index < -0.39 is 5.56 Å². The molecule has 0 aliphatic heterocycles. The number of aromatic nitrogens is 1. The van der Waals surface area contributed by atoms with Crippen molar-refractivity contribution in [3.63, 3.8) is 0 Å². The molecule has 8 heteroatoms. The van der Waals surface area contributed by atoms with Gasteiger partial charge in [-0.15, -0.1) is 0 Å². The predicted octanol–water partition coefficient (Wildman–Crippen LogP) is 2.79. The van der Waals surface area contributed by atoms with Gasteiger partial charge in [-0.25, -0.2) is 0 Å². The number of nitrogen functional groups attached to an aromatic ring is 1. The third kappa shape index (κ3) is 2.52. The highest BCUT2D eigenvalue weighted by atomic mass is 79.9. The zero-order valence-electron chi connectivity index (χ0n) is 11.2. The Bertz CT molecular complexity index is 909. The average molecular weight is 380 g/mol. The van der Waals surface area contributed by atoms with Gasteiger partial charge in [0.05, 0.1) is 11.6 Å². The Hall–Kier alpha value is -2.48. The lowest BCUT2D eigenvalue weighted by atomic mass is 9.96. The van der Waals surface area contributed by atoms with Gasteiger partial charge in [-0.05, 0) is 28.1 Å².